The van der Waals surface area contributed by atoms with E-state index >= 15 is 0 Å². The minimum absolute atomic E-state index is 0.0198. The van der Waals surface area contributed by atoms with Gasteiger partial charge in [0.05, 0.1) is 27.4 Å². The third-order valence-corrected chi connectivity index (χ3v) is 5.48. The Morgan fingerprint density at radius 2 is 1.77 bits per heavy atom. The summed E-state index contributed by atoms with van der Waals surface area (Å²) in [6.45, 7) is -0.598. The number of aliphatic carboxylic acids is 1. The van der Waals surface area contributed by atoms with Gasteiger partial charge in [0.2, 0.25) is 0 Å². The van der Waals surface area contributed by atoms with E-state index in [1.165, 1.54) is 12.1 Å². The van der Waals surface area contributed by atoms with Crippen LogP contribution < -0.4 is 10.2 Å². The van der Waals surface area contributed by atoms with E-state index in [0.717, 1.165) is 28.8 Å². The third kappa shape index (κ3) is 3.79. The molecule has 1 saturated heterocycles. The number of nitrogens with one attached hydrogen (secondary N) is 1. The lowest BCUT2D eigenvalue weighted by Crippen LogP contribution is -2.32. The molecule has 2 aliphatic heterocycles. The maximum atomic E-state index is 13.2. The zero-order valence-electron chi connectivity index (χ0n) is 15.4. The Hall–Kier alpha value is -3.60. The second-order valence-electron chi connectivity index (χ2n) is 6.49. The van der Waals surface area contributed by atoms with Crippen molar-refractivity contribution in [2.45, 2.75) is 6.18 Å². The average molecular weight is 447 g/mol. The molecule has 7 nitrogen and oxygen atoms in total. The number of carbonyl (C=O) groups excluding carboxylic acids is 2. The summed E-state index contributed by atoms with van der Waals surface area (Å²) in [5.74, 6) is -2.62. The van der Waals surface area contributed by atoms with Gasteiger partial charge in [-0.05, 0) is 30.0 Å². The molecule has 0 bridgehead atoms. The van der Waals surface area contributed by atoms with Gasteiger partial charge >= 0.3 is 12.1 Å². The quantitative estimate of drug-likeness (QED) is 0.703. The number of hydrogen-bond donors (Lipinski definition) is 2. The Labute approximate surface area is 177 Å². The van der Waals surface area contributed by atoms with Crippen LogP contribution >= 0.6 is 11.8 Å². The first-order valence-electron chi connectivity index (χ1n) is 8.78. The second-order valence-corrected chi connectivity index (χ2v) is 7.49. The minimum atomic E-state index is -4.63. The van der Waals surface area contributed by atoms with E-state index < -0.39 is 36.1 Å². The fourth-order valence-electron chi connectivity index (χ4n) is 3.25. The van der Waals surface area contributed by atoms with Crippen molar-refractivity contribution in [3.63, 3.8) is 0 Å². The Morgan fingerprint density at radius 1 is 1.10 bits per heavy atom. The number of halogens is 3. The SMILES string of the molecule is O=C(O)CN1C(=O)C(=C2SC(=Nc3ccccc3C(F)(F)F)NC2=O)c2ccccc21. The first-order chi connectivity index (χ1) is 14.7. The molecule has 0 aromatic heterocycles. The van der Waals surface area contributed by atoms with Crippen LogP contribution in [0.5, 0.6) is 0 Å². The van der Waals surface area contributed by atoms with E-state index in [1.54, 1.807) is 24.3 Å². The monoisotopic (exact) mass is 447 g/mol. The number of aliphatic imine (C=N–C) groups is 1. The fourth-order valence-corrected chi connectivity index (χ4v) is 4.17. The lowest BCUT2D eigenvalue weighted by Gasteiger charge is -2.13. The van der Waals surface area contributed by atoms with Crippen molar-refractivity contribution in [1.82, 2.24) is 5.32 Å². The average Bonchev–Trinajstić information content (AvgIpc) is 3.18. The lowest BCUT2D eigenvalue weighted by molar-refractivity contribution is -0.137. The zero-order chi connectivity index (χ0) is 22.3. The van der Waals surface area contributed by atoms with E-state index in [-0.39, 0.29) is 21.3 Å². The molecule has 158 valence electrons. The molecule has 31 heavy (non-hydrogen) atoms. The molecule has 2 aliphatic rings. The number of thioether (sulfide) groups is 1. The maximum absolute atomic E-state index is 13.2. The van der Waals surface area contributed by atoms with Crippen molar-refractivity contribution < 1.29 is 32.7 Å². The number of rotatable bonds is 3. The number of fused-ring (bicyclic) bond motifs is 1. The number of carboxylic acid groups (broad SMARTS) is 1. The Morgan fingerprint density at radius 3 is 2.48 bits per heavy atom. The highest BCUT2D eigenvalue weighted by Gasteiger charge is 2.40. The summed E-state index contributed by atoms with van der Waals surface area (Å²) in [7, 11) is 0. The highest BCUT2D eigenvalue weighted by molar-refractivity contribution is 8.18. The molecule has 2 aromatic carbocycles. The van der Waals surface area contributed by atoms with Crippen LogP contribution in [0.25, 0.3) is 5.57 Å². The second kappa shape index (κ2) is 7.58. The van der Waals surface area contributed by atoms with Gasteiger partial charge in [0.1, 0.15) is 6.54 Å². The van der Waals surface area contributed by atoms with Crippen LogP contribution in [-0.4, -0.2) is 34.6 Å². The number of nitrogens with zero attached hydrogens (tertiary/aromatic N) is 2. The van der Waals surface area contributed by atoms with Gasteiger partial charge < -0.3 is 10.4 Å². The molecule has 0 atom stereocenters. The first kappa shape index (κ1) is 20.7. The molecule has 0 unspecified atom stereocenters. The number of carboxylic acids is 1. The van der Waals surface area contributed by atoms with Crippen LogP contribution in [0.4, 0.5) is 24.5 Å². The standard InChI is InChI=1S/C20H12F3N3O4S/c21-20(22,23)11-6-2-3-7-12(11)24-19-25-17(29)16(31-19)15-10-5-1-4-8-13(10)26(18(15)30)9-14(27)28/h1-8H,9H2,(H,27,28)(H,24,25,29). The van der Waals surface area contributed by atoms with Gasteiger partial charge in [-0.25, -0.2) is 4.99 Å². The van der Waals surface area contributed by atoms with Crippen molar-refractivity contribution in [3.8, 4) is 0 Å². The van der Waals surface area contributed by atoms with Crippen molar-refractivity contribution >= 4 is 51.7 Å². The van der Waals surface area contributed by atoms with Crippen LogP contribution in [0, 0.1) is 0 Å². The van der Waals surface area contributed by atoms with Crippen LogP contribution in [0.3, 0.4) is 0 Å². The number of para-hydroxylation sites is 2. The van der Waals surface area contributed by atoms with Gasteiger partial charge in [-0.3, -0.25) is 19.3 Å². The molecule has 0 radical (unpaired) electrons. The Bertz CT molecular complexity index is 1190. The predicted octanol–water partition coefficient (Wildman–Crippen LogP) is 3.40. The molecule has 0 spiro atoms. The van der Waals surface area contributed by atoms with Gasteiger partial charge in [0, 0.05) is 5.56 Å². The third-order valence-electron chi connectivity index (χ3n) is 4.50. The van der Waals surface area contributed by atoms with Crippen molar-refractivity contribution in [2.24, 2.45) is 4.99 Å². The van der Waals surface area contributed by atoms with Gasteiger partial charge in [-0.2, -0.15) is 13.2 Å². The molecule has 0 saturated carbocycles. The maximum Gasteiger partial charge on any atom is 0.418 e. The number of carbonyl (C=O) groups is 3. The molecule has 2 amide bonds. The molecular weight excluding hydrogens is 435 g/mol. The van der Waals surface area contributed by atoms with E-state index in [1.807, 2.05) is 0 Å². The smallest absolute Gasteiger partial charge is 0.418 e. The number of amides is 2. The molecule has 2 N–H and O–H groups in total. The van der Waals surface area contributed by atoms with Gasteiger partial charge in [0.25, 0.3) is 11.8 Å². The summed E-state index contributed by atoms with van der Waals surface area (Å²) in [4.78, 5) is 41.5. The summed E-state index contributed by atoms with van der Waals surface area (Å²) in [6.07, 6.45) is -4.63. The van der Waals surface area contributed by atoms with Gasteiger partial charge in [0.15, 0.2) is 5.17 Å². The Balaban J connectivity index is 1.76. The highest BCUT2D eigenvalue weighted by atomic mass is 32.2. The highest BCUT2D eigenvalue weighted by Crippen LogP contribution is 2.43. The number of amidine groups is 1. The first-order valence-corrected chi connectivity index (χ1v) is 9.60. The van der Waals surface area contributed by atoms with E-state index in [0.29, 0.717) is 11.3 Å². The zero-order valence-corrected chi connectivity index (χ0v) is 16.3. The van der Waals surface area contributed by atoms with Crippen LogP contribution in [-0.2, 0) is 20.6 Å². The van der Waals surface area contributed by atoms with Crippen molar-refractivity contribution in [1.29, 1.82) is 0 Å². The normalized spacial score (nSPS) is 19.7. The van der Waals surface area contributed by atoms with Crippen LogP contribution in [0.2, 0.25) is 0 Å². The van der Waals surface area contributed by atoms with Crippen molar-refractivity contribution in [3.05, 3.63) is 64.6 Å². The van der Waals surface area contributed by atoms with E-state index in [4.69, 9.17) is 5.11 Å². The number of alkyl halides is 3. The van der Waals surface area contributed by atoms with Gasteiger partial charge in [-0.15, -0.1) is 0 Å². The molecule has 2 heterocycles. The molecule has 0 aliphatic carbocycles. The van der Waals surface area contributed by atoms with Crippen molar-refractivity contribution in [2.75, 3.05) is 11.4 Å². The minimum Gasteiger partial charge on any atom is -0.480 e. The van der Waals surface area contributed by atoms with E-state index in [9.17, 15) is 27.6 Å². The topological polar surface area (TPSA) is 99.1 Å². The molecular formula is C20H12F3N3O4S. The lowest BCUT2D eigenvalue weighted by atomic mass is 10.1. The largest absolute Gasteiger partial charge is 0.480 e. The van der Waals surface area contributed by atoms with Gasteiger partial charge in [-0.1, -0.05) is 30.3 Å². The molecule has 1 fully saturated rings. The number of hydrogen-bond acceptors (Lipinski definition) is 5. The van der Waals surface area contributed by atoms with Crippen LogP contribution in [0.1, 0.15) is 11.1 Å². The van der Waals surface area contributed by atoms with Crippen LogP contribution in [0.15, 0.2) is 58.4 Å². The Kier molecular flexibility index (Phi) is 5.05. The summed E-state index contributed by atoms with van der Waals surface area (Å²) < 4.78 is 39.6. The molecule has 11 heteroatoms. The van der Waals surface area contributed by atoms with E-state index in [2.05, 4.69) is 10.3 Å². The summed E-state index contributed by atoms with van der Waals surface area (Å²) in [5.41, 5.74) is -0.668. The summed E-state index contributed by atoms with van der Waals surface area (Å²) in [6, 6.07) is 11.0. The number of anilines is 1. The molecule has 2 aromatic rings. The summed E-state index contributed by atoms with van der Waals surface area (Å²) in [5, 5.41) is 11.4. The summed E-state index contributed by atoms with van der Waals surface area (Å²) >= 11 is 0.725. The fraction of sp³-hybridized carbons (Fsp3) is 0.100. The predicted molar refractivity (Wildman–Crippen MR) is 108 cm³/mol. The molecule has 4 rings (SSSR count). The number of benzene rings is 2.